The van der Waals surface area contributed by atoms with Crippen LogP contribution in [0.15, 0.2) is 212 Å². The molecule has 0 saturated carbocycles. The molecule has 0 unspecified atom stereocenters. The summed E-state index contributed by atoms with van der Waals surface area (Å²) in [6.07, 6.45) is 0. The Morgan fingerprint density at radius 1 is 0.317 bits per heavy atom. The second kappa shape index (κ2) is 14.2. The fourth-order valence-electron chi connectivity index (χ4n) is 9.52. The van der Waals surface area contributed by atoms with Gasteiger partial charge in [0.1, 0.15) is 0 Å². The Balaban J connectivity index is 1.11. The summed E-state index contributed by atoms with van der Waals surface area (Å²) < 4.78 is 7.11. The third kappa shape index (κ3) is 5.66. The predicted octanol–water partition coefficient (Wildman–Crippen LogP) is 15.1. The van der Waals surface area contributed by atoms with Crippen LogP contribution >= 0.6 is 11.3 Å². The van der Waals surface area contributed by atoms with E-state index in [1.807, 2.05) is 18.2 Å². The summed E-state index contributed by atoms with van der Waals surface area (Å²) >= 11 is 1.79. The Morgan fingerprint density at radius 2 is 0.873 bits per heavy atom. The molecule has 9 aromatic carbocycles. The summed E-state index contributed by atoms with van der Waals surface area (Å²) in [6.45, 7) is 0. The quantitative estimate of drug-likeness (QED) is 0.168. The smallest absolute Gasteiger partial charge is 0.238 e. The third-order valence-electron chi connectivity index (χ3n) is 12.4. The van der Waals surface area contributed by atoms with Crippen molar-refractivity contribution in [1.29, 1.82) is 0 Å². The molecular weight excluding hydrogens is 787 g/mol. The molecule has 0 spiro atoms. The maximum Gasteiger partial charge on any atom is 0.238 e. The lowest BCUT2D eigenvalue weighted by Crippen LogP contribution is -2.06. The van der Waals surface area contributed by atoms with Crippen molar-refractivity contribution >= 4 is 75.1 Å². The highest BCUT2D eigenvalue weighted by atomic mass is 32.1. The van der Waals surface area contributed by atoms with Gasteiger partial charge in [0.15, 0.2) is 11.6 Å². The highest BCUT2D eigenvalue weighted by Crippen LogP contribution is 2.43. The zero-order valence-electron chi connectivity index (χ0n) is 33.9. The van der Waals surface area contributed by atoms with Crippen LogP contribution in [-0.2, 0) is 0 Å². The molecule has 0 aliphatic carbocycles. The lowest BCUT2D eigenvalue weighted by molar-refractivity contribution is 0.955. The van der Waals surface area contributed by atoms with E-state index >= 15 is 0 Å². The highest BCUT2D eigenvalue weighted by Gasteiger charge is 2.23. The molecule has 4 heterocycles. The molecule has 0 saturated heterocycles. The topological polar surface area (TPSA) is 48.5 Å². The van der Waals surface area contributed by atoms with Gasteiger partial charge in [-0.3, -0.25) is 4.57 Å². The summed E-state index contributed by atoms with van der Waals surface area (Å²) in [5.41, 5.74) is 12.1. The molecule has 0 aliphatic rings. The number of hydrogen-bond acceptors (Lipinski definition) is 4. The van der Waals surface area contributed by atoms with Crippen LogP contribution in [0.4, 0.5) is 0 Å². The first-order valence-corrected chi connectivity index (χ1v) is 22.0. The van der Waals surface area contributed by atoms with Crippen molar-refractivity contribution < 1.29 is 0 Å². The normalized spacial score (nSPS) is 11.8. The molecule has 0 radical (unpaired) electrons. The lowest BCUT2D eigenvalue weighted by Gasteiger charge is -2.16. The van der Waals surface area contributed by atoms with Gasteiger partial charge in [-0.25, -0.2) is 4.98 Å². The van der Waals surface area contributed by atoms with E-state index in [2.05, 4.69) is 203 Å². The number of thiophene rings is 1. The van der Waals surface area contributed by atoms with Crippen molar-refractivity contribution in [3.05, 3.63) is 212 Å². The molecule has 13 aromatic rings. The van der Waals surface area contributed by atoms with E-state index in [0.29, 0.717) is 17.6 Å². The summed E-state index contributed by atoms with van der Waals surface area (Å²) in [7, 11) is 0. The van der Waals surface area contributed by atoms with Gasteiger partial charge in [0.25, 0.3) is 0 Å². The predicted molar refractivity (Wildman–Crippen MR) is 263 cm³/mol. The minimum atomic E-state index is 0.577. The lowest BCUT2D eigenvalue weighted by atomic mass is 9.98. The monoisotopic (exact) mass is 821 g/mol. The van der Waals surface area contributed by atoms with E-state index in [-0.39, 0.29) is 0 Å². The molecule has 294 valence electrons. The maximum atomic E-state index is 5.41. The second-order valence-electron chi connectivity index (χ2n) is 16.0. The molecule has 0 atom stereocenters. The van der Waals surface area contributed by atoms with E-state index in [0.717, 1.165) is 59.7 Å². The number of rotatable bonds is 6. The van der Waals surface area contributed by atoms with Crippen molar-refractivity contribution in [1.82, 2.24) is 24.1 Å². The molecule has 0 amide bonds. The van der Waals surface area contributed by atoms with Gasteiger partial charge in [0, 0.05) is 58.4 Å². The average Bonchev–Trinajstić information content (AvgIpc) is 4.01. The molecule has 5 nitrogen and oxygen atoms in total. The first-order chi connectivity index (χ1) is 31.2. The molecule has 4 aromatic heterocycles. The zero-order valence-corrected chi connectivity index (χ0v) is 34.7. The first-order valence-electron chi connectivity index (χ1n) is 21.2. The van der Waals surface area contributed by atoms with Gasteiger partial charge in [-0.05, 0) is 59.2 Å². The van der Waals surface area contributed by atoms with Gasteiger partial charge in [-0.2, -0.15) is 9.97 Å². The van der Waals surface area contributed by atoms with Gasteiger partial charge >= 0.3 is 0 Å². The molecular formula is C57H35N5S. The number of nitrogens with zero attached hydrogens (tertiary/aromatic N) is 5. The number of aromatic nitrogens is 5. The van der Waals surface area contributed by atoms with Crippen molar-refractivity contribution in [3.8, 4) is 56.7 Å². The standard InChI is InChI=1S/C57H35N5S/c1-4-17-36(18-5-1)39-31-32-40(37-19-6-2-7-20-37)50(33-39)61-48-28-13-10-23-41(48)46-35-52-47(34-51(46)61)42-24-11-14-29-49(42)62(52)57-59-55(38-21-8-3-9-22-38)58-56(60-57)45-27-16-26-44-43-25-12-15-30-53(43)63-54(44)45/h1-35H. The van der Waals surface area contributed by atoms with Crippen molar-refractivity contribution in [2.24, 2.45) is 0 Å². The molecule has 0 aliphatic heterocycles. The SMILES string of the molecule is c1ccc(-c2ccc(-c3ccccc3)c(-n3c4ccccc4c4cc5c(cc43)c3ccccc3n5-c3nc(-c4ccccc4)nc(-c4cccc5c4sc4ccccc45)n3)c2)cc1. The highest BCUT2D eigenvalue weighted by molar-refractivity contribution is 7.26. The van der Waals surface area contributed by atoms with Crippen LogP contribution in [0.5, 0.6) is 0 Å². The number of hydrogen-bond donors (Lipinski definition) is 0. The van der Waals surface area contributed by atoms with Crippen molar-refractivity contribution in [2.45, 2.75) is 0 Å². The van der Waals surface area contributed by atoms with E-state index in [9.17, 15) is 0 Å². The van der Waals surface area contributed by atoms with Crippen LogP contribution in [0, 0.1) is 0 Å². The summed E-state index contributed by atoms with van der Waals surface area (Å²) in [6, 6.07) is 75.7. The Labute approximate surface area is 366 Å². The molecule has 0 N–H and O–H groups in total. The number of fused-ring (bicyclic) bond motifs is 9. The maximum absolute atomic E-state index is 5.41. The Kier molecular flexibility index (Phi) is 8.01. The zero-order chi connectivity index (χ0) is 41.4. The molecule has 13 rings (SSSR count). The van der Waals surface area contributed by atoms with Crippen LogP contribution in [-0.4, -0.2) is 24.1 Å². The van der Waals surface area contributed by atoms with Crippen LogP contribution in [0.3, 0.4) is 0 Å². The van der Waals surface area contributed by atoms with Crippen molar-refractivity contribution in [2.75, 3.05) is 0 Å². The van der Waals surface area contributed by atoms with Gasteiger partial charge in [0.2, 0.25) is 5.95 Å². The summed E-state index contributed by atoms with van der Waals surface area (Å²) in [5.74, 6) is 1.85. The van der Waals surface area contributed by atoms with E-state index in [1.165, 1.54) is 43.1 Å². The molecule has 6 heteroatoms. The Bertz CT molecular complexity index is 3900. The van der Waals surface area contributed by atoms with Gasteiger partial charge in [-0.1, -0.05) is 170 Å². The number of para-hydroxylation sites is 2. The van der Waals surface area contributed by atoms with Crippen LogP contribution in [0.25, 0.3) is 120 Å². The largest absolute Gasteiger partial charge is 0.309 e. The van der Waals surface area contributed by atoms with E-state index in [4.69, 9.17) is 15.0 Å². The minimum absolute atomic E-state index is 0.577. The van der Waals surface area contributed by atoms with Gasteiger partial charge in [-0.15, -0.1) is 11.3 Å². The fraction of sp³-hybridized carbons (Fsp3) is 0. The van der Waals surface area contributed by atoms with E-state index in [1.54, 1.807) is 11.3 Å². The average molecular weight is 822 g/mol. The molecule has 0 bridgehead atoms. The number of benzene rings is 9. The Morgan fingerprint density at radius 3 is 1.59 bits per heavy atom. The van der Waals surface area contributed by atoms with Gasteiger partial charge in [0.05, 0.1) is 27.8 Å². The van der Waals surface area contributed by atoms with Gasteiger partial charge < -0.3 is 4.57 Å². The first kappa shape index (κ1) is 35.6. The summed E-state index contributed by atoms with van der Waals surface area (Å²) in [5, 5.41) is 7.02. The molecule has 63 heavy (non-hydrogen) atoms. The van der Waals surface area contributed by atoms with E-state index < -0.39 is 0 Å². The molecule has 0 fully saturated rings. The third-order valence-corrected chi connectivity index (χ3v) is 13.6. The minimum Gasteiger partial charge on any atom is -0.309 e. The van der Waals surface area contributed by atoms with Crippen LogP contribution in [0.2, 0.25) is 0 Å². The fourth-order valence-corrected chi connectivity index (χ4v) is 10.7. The Hall–Kier alpha value is -8.19. The van der Waals surface area contributed by atoms with Crippen molar-refractivity contribution in [3.63, 3.8) is 0 Å². The van der Waals surface area contributed by atoms with Crippen LogP contribution in [0.1, 0.15) is 0 Å². The second-order valence-corrected chi connectivity index (χ2v) is 17.0. The summed E-state index contributed by atoms with van der Waals surface area (Å²) in [4.78, 5) is 15.9. The van der Waals surface area contributed by atoms with Crippen LogP contribution < -0.4 is 0 Å².